The Kier molecular flexibility index (Phi) is 6.45. The van der Waals surface area contributed by atoms with Gasteiger partial charge >= 0.3 is 5.97 Å². The maximum absolute atomic E-state index is 11.9. The smallest absolute Gasteiger partial charge is 0.306 e. The minimum atomic E-state index is -0.784. The molecule has 2 fully saturated rings. The Hall–Kier alpha value is -1.14. The molecule has 1 amide bonds. The van der Waals surface area contributed by atoms with Crippen LogP contribution in [0.2, 0.25) is 0 Å². The number of rotatable bonds is 8. The van der Waals surface area contributed by atoms with Crippen LogP contribution in [0.3, 0.4) is 0 Å². The molecular formula is C15H25NO5. The molecule has 6 nitrogen and oxygen atoms in total. The minimum absolute atomic E-state index is 0.0159. The third kappa shape index (κ3) is 5.28. The van der Waals surface area contributed by atoms with Crippen molar-refractivity contribution < 1.29 is 24.2 Å². The van der Waals surface area contributed by atoms with E-state index in [1.165, 1.54) is 0 Å². The minimum Gasteiger partial charge on any atom is -0.481 e. The standard InChI is InChI=1S/C15H25NO5/c17-14(11-4-5-12(9-11)15(18)19)16-6-2-7-20-10-13-3-1-8-21-13/h11-13H,1-10H2,(H,16,17)(H,18,19)/t11-,12+,13?/m0/s1. The van der Waals surface area contributed by atoms with Gasteiger partial charge in [-0.2, -0.15) is 0 Å². The molecule has 0 aromatic heterocycles. The molecule has 3 atom stereocenters. The van der Waals surface area contributed by atoms with Crippen molar-refractivity contribution in [2.75, 3.05) is 26.4 Å². The quantitative estimate of drug-likeness (QED) is 0.658. The molecule has 0 aromatic rings. The Bertz CT molecular complexity index is 354. The number of hydrogen-bond donors (Lipinski definition) is 2. The van der Waals surface area contributed by atoms with Gasteiger partial charge in [0, 0.05) is 25.7 Å². The molecule has 0 radical (unpaired) electrons. The Morgan fingerprint density at radius 1 is 1.24 bits per heavy atom. The zero-order valence-corrected chi connectivity index (χ0v) is 12.4. The number of carboxylic acid groups (broad SMARTS) is 1. The van der Waals surface area contributed by atoms with E-state index >= 15 is 0 Å². The summed E-state index contributed by atoms with van der Waals surface area (Å²) in [4.78, 5) is 22.7. The molecule has 1 heterocycles. The van der Waals surface area contributed by atoms with E-state index in [1.807, 2.05) is 0 Å². The van der Waals surface area contributed by atoms with Gasteiger partial charge in [-0.05, 0) is 38.5 Å². The molecule has 0 spiro atoms. The fraction of sp³-hybridized carbons (Fsp3) is 0.867. The van der Waals surface area contributed by atoms with Crippen molar-refractivity contribution in [3.8, 4) is 0 Å². The monoisotopic (exact) mass is 299 g/mol. The van der Waals surface area contributed by atoms with E-state index < -0.39 is 5.97 Å². The Morgan fingerprint density at radius 3 is 2.71 bits per heavy atom. The van der Waals surface area contributed by atoms with Gasteiger partial charge in [-0.25, -0.2) is 0 Å². The Morgan fingerprint density at radius 2 is 2.05 bits per heavy atom. The van der Waals surface area contributed by atoms with Crippen LogP contribution in [0.5, 0.6) is 0 Å². The van der Waals surface area contributed by atoms with Gasteiger partial charge in [-0.3, -0.25) is 9.59 Å². The van der Waals surface area contributed by atoms with Crippen LogP contribution in [0.4, 0.5) is 0 Å². The number of carboxylic acids is 1. The highest BCUT2D eigenvalue weighted by Crippen LogP contribution is 2.31. The van der Waals surface area contributed by atoms with E-state index in [0.29, 0.717) is 39.0 Å². The molecule has 2 rings (SSSR count). The summed E-state index contributed by atoms with van der Waals surface area (Å²) in [7, 11) is 0. The van der Waals surface area contributed by atoms with Gasteiger partial charge in [-0.15, -0.1) is 0 Å². The van der Waals surface area contributed by atoms with E-state index in [1.54, 1.807) is 0 Å². The van der Waals surface area contributed by atoms with Crippen molar-refractivity contribution >= 4 is 11.9 Å². The second-order valence-corrected chi connectivity index (χ2v) is 5.90. The van der Waals surface area contributed by atoms with Crippen LogP contribution in [-0.2, 0) is 19.1 Å². The van der Waals surface area contributed by atoms with E-state index in [-0.39, 0.29) is 23.8 Å². The van der Waals surface area contributed by atoms with Gasteiger partial charge in [0.05, 0.1) is 18.6 Å². The van der Waals surface area contributed by atoms with Gasteiger partial charge in [0.25, 0.3) is 0 Å². The lowest BCUT2D eigenvalue weighted by Gasteiger charge is -2.12. The molecule has 0 bridgehead atoms. The van der Waals surface area contributed by atoms with E-state index in [0.717, 1.165) is 25.9 Å². The molecule has 1 saturated carbocycles. The summed E-state index contributed by atoms with van der Waals surface area (Å²) in [5.41, 5.74) is 0. The van der Waals surface area contributed by atoms with Crippen LogP contribution in [0.15, 0.2) is 0 Å². The summed E-state index contributed by atoms with van der Waals surface area (Å²) in [6, 6.07) is 0. The van der Waals surface area contributed by atoms with Gasteiger partial charge in [0.15, 0.2) is 0 Å². The molecule has 6 heteroatoms. The van der Waals surface area contributed by atoms with Gasteiger partial charge in [0.2, 0.25) is 5.91 Å². The van der Waals surface area contributed by atoms with Gasteiger partial charge in [-0.1, -0.05) is 0 Å². The first-order chi connectivity index (χ1) is 10.2. The third-order valence-electron chi connectivity index (χ3n) is 4.25. The van der Waals surface area contributed by atoms with Crippen LogP contribution in [-0.4, -0.2) is 49.5 Å². The zero-order valence-electron chi connectivity index (χ0n) is 12.4. The lowest BCUT2D eigenvalue weighted by molar-refractivity contribution is -0.141. The number of nitrogens with one attached hydrogen (secondary N) is 1. The molecule has 1 saturated heterocycles. The van der Waals surface area contributed by atoms with Crippen LogP contribution in [0.25, 0.3) is 0 Å². The fourth-order valence-electron chi connectivity index (χ4n) is 2.96. The first-order valence-electron chi connectivity index (χ1n) is 7.86. The maximum atomic E-state index is 11.9. The second-order valence-electron chi connectivity index (χ2n) is 5.90. The van der Waals surface area contributed by atoms with Crippen molar-refractivity contribution in [1.82, 2.24) is 5.32 Å². The van der Waals surface area contributed by atoms with Crippen molar-refractivity contribution in [1.29, 1.82) is 0 Å². The van der Waals surface area contributed by atoms with Crippen molar-refractivity contribution in [3.05, 3.63) is 0 Å². The largest absolute Gasteiger partial charge is 0.481 e. The summed E-state index contributed by atoms with van der Waals surface area (Å²) in [6.45, 7) is 2.67. The summed E-state index contributed by atoms with van der Waals surface area (Å²) in [5.74, 6) is -1.29. The third-order valence-corrected chi connectivity index (χ3v) is 4.25. The Balaban J connectivity index is 1.48. The molecular weight excluding hydrogens is 274 g/mol. The maximum Gasteiger partial charge on any atom is 0.306 e. The van der Waals surface area contributed by atoms with Gasteiger partial charge in [0.1, 0.15) is 0 Å². The number of hydrogen-bond acceptors (Lipinski definition) is 4. The number of amides is 1. The van der Waals surface area contributed by atoms with Crippen LogP contribution < -0.4 is 5.32 Å². The molecule has 0 aromatic carbocycles. The zero-order chi connectivity index (χ0) is 15.1. The SMILES string of the molecule is O=C(O)[C@@H]1CC[C@H](C(=O)NCCCOCC2CCCO2)C1. The number of carbonyl (C=O) groups excluding carboxylic acids is 1. The average Bonchev–Trinajstić information content (AvgIpc) is 3.13. The molecule has 1 unspecified atom stereocenters. The lowest BCUT2D eigenvalue weighted by Crippen LogP contribution is -2.31. The molecule has 1 aliphatic heterocycles. The summed E-state index contributed by atoms with van der Waals surface area (Å²) >= 11 is 0. The first kappa shape index (κ1) is 16.2. The van der Waals surface area contributed by atoms with E-state index in [4.69, 9.17) is 14.6 Å². The highest BCUT2D eigenvalue weighted by Gasteiger charge is 2.33. The number of ether oxygens (including phenoxy) is 2. The summed E-state index contributed by atoms with van der Waals surface area (Å²) in [5, 5.41) is 11.8. The van der Waals surface area contributed by atoms with Crippen LogP contribution in [0, 0.1) is 11.8 Å². The van der Waals surface area contributed by atoms with E-state index in [2.05, 4.69) is 5.32 Å². The molecule has 1 aliphatic carbocycles. The predicted octanol–water partition coefficient (Wildman–Crippen LogP) is 1.19. The van der Waals surface area contributed by atoms with Gasteiger partial charge < -0.3 is 19.9 Å². The molecule has 2 aliphatic rings. The normalized spacial score (nSPS) is 28.7. The summed E-state index contributed by atoms with van der Waals surface area (Å²) in [6.07, 6.45) is 4.96. The summed E-state index contributed by atoms with van der Waals surface area (Å²) < 4.78 is 11.0. The highest BCUT2D eigenvalue weighted by molar-refractivity contribution is 5.80. The topological polar surface area (TPSA) is 84.9 Å². The van der Waals surface area contributed by atoms with Crippen LogP contribution in [0.1, 0.15) is 38.5 Å². The van der Waals surface area contributed by atoms with Crippen molar-refractivity contribution in [2.45, 2.75) is 44.6 Å². The Labute approximate surface area is 125 Å². The first-order valence-corrected chi connectivity index (χ1v) is 7.86. The van der Waals surface area contributed by atoms with Crippen molar-refractivity contribution in [3.63, 3.8) is 0 Å². The average molecular weight is 299 g/mol. The number of aliphatic carboxylic acids is 1. The fourth-order valence-corrected chi connectivity index (χ4v) is 2.96. The second kappa shape index (κ2) is 8.34. The van der Waals surface area contributed by atoms with E-state index in [9.17, 15) is 9.59 Å². The lowest BCUT2D eigenvalue weighted by atomic mass is 10.0. The van der Waals surface area contributed by atoms with Crippen molar-refractivity contribution in [2.24, 2.45) is 11.8 Å². The molecule has 120 valence electrons. The highest BCUT2D eigenvalue weighted by atomic mass is 16.5. The predicted molar refractivity (Wildman–Crippen MR) is 75.9 cm³/mol. The molecule has 2 N–H and O–H groups in total. The van der Waals surface area contributed by atoms with Crippen LogP contribution >= 0.6 is 0 Å². The number of carbonyl (C=O) groups is 2. The molecule has 21 heavy (non-hydrogen) atoms.